The van der Waals surface area contributed by atoms with Gasteiger partial charge in [-0.2, -0.15) is 0 Å². The molecule has 3 rings (SSSR count). The first kappa shape index (κ1) is 19.7. The molecule has 0 heterocycles. The lowest BCUT2D eigenvalue weighted by Crippen LogP contribution is -2.25. The van der Waals surface area contributed by atoms with E-state index >= 15 is 0 Å². The van der Waals surface area contributed by atoms with Crippen LogP contribution in [0.3, 0.4) is 0 Å². The standard InChI is InChI=1S/C21H22N4O2S/c1-14-7-8-15(20(27)24-17-9-10-17)13-18(14)25-21(22)28-12-11-19(26)23-16-5-3-2-4-6-16/h2-8,11-13,17H,9-10H2,1H3,(H2,22,25)(H,23,26)(H,24,27)/b12-11+. The molecule has 6 nitrogen and oxygen atoms in total. The number of carbonyl (C=O) groups is 2. The number of nitrogens with zero attached hydrogens (tertiary/aromatic N) is 1. The van der Waals surface area contributed by atoms with Crippen LogP contribution in [-0.4, -0.2) is 23.0 Å². The van der Waals surface area contributed by atoms with Gasteiger partial charge in [-0.15, -0.1) is 0 Å². The average molecular weight is 395 g/mol. The second-order valence-corrected chi connectivity index (χ2v) is 7.40. The second kappa shape index (κ2) is 9.23. The fraction of sp³-hybridized carbons (Fsp3) is 0.190. The maximum atomic E-state index is 12.2. The molecule has 0 saturated heterocycles. The third-order valence-corrected chi connectivity index (χ3v) is 4.67. The molecule has 1 fully saturated rings. The molecule has 1 aliphatic carbocycles. The van der Waals surface area contributed by atoms with Crippen molar-refractivity contribution in [2.45, 2.75) is 25.8 Å². The molecule has 0 aliphatic heterocycles. The Kier molecular flexibility index (Phi) is 6.49. The van der Waals surface area contributed by atoms with E-state index < -0.39 is 0 Å². The van der Waals surface area contributed by atoms with Crippen molar-refractivity contribution in [3.63, 3.8) is 0 Å². The van der Waals surface area contributed by atoms with Gasteiger partial charge in [0.25, 0.3) is 5.91 Å². The molecule has 144 valence electrons. The first-order valence-electron chi connectivity index (χ1n) is 8.96. The number of para-hydroxylation sites is 1. The molecule has 0 unspecified atom stereocenters. The van der Waals surface area contributed by atoms with Crippen molar-refractivity contribution in [2.24, 2.45) is 10.7 Å². The normalized spacial score (nSPS) is 14.1. The van der Waals surface area contributed by atoms with Crippen molar-refractivity contribution in [3.8, 4) is 0 Å². The van der Waals surface area contributed by atoms with Gasteiger partial charge >= 0.3 is 0 Å². The van der Waals surface area contributed by atoms with Crippen LogP contribution in [0.5, 0.6) is 0 Å². The molecule has 1 aliphatic rings. The van der Waals surface area contributed by atoms with Gasteiger partial charge in [0.2, 0.25) is 5.91 Å². The Morgan fingerprint density at radius 2 is 1.93 bits per heavy atom. The van der Waals surface area contributed by atoms with Gasteiger partial charge in [0, 0.05) is 23.4 Å². The summed E-state index contributed by atoms with van der Waals surface area (Å²) >= 11 is 1.14. The van der Waals surface area contributed by atoms with E-state index in [0.29, 0.717) is 17.3 Å². The van der Waals surface area contributed by atoms with Gasteiger partial charge in [0.15, 0.2) is 5.17 Å². The maximum Gasteiger partial charge on any atom is 0.251 e. The highest BCUT2D eigenvalue weighted by Crippen LogP contribution is 2.23. The fourth-order valence-electron chi connectivity index (χ4n) is 2.38. The molecule has 1 saturated carbocycles. The predicted octanol–water partition coefficient (Wildman–Crippen LogP) is 3.72. The van der Waals surface area contributed by atoms with Gasteiger partial charge in [0.05, 0.1) is 5.69 Å². The second-order valence-electron chi connectivity index (χ2n) is 6.47. The average Bonchev–Trinajstić information content (AvgIpc) is 3.48. The number of nitrogens with one attached hydrogen (secondary N) is 2. The van der Waals surface area contributed by atoms with E-state index in [4.69, 9.17) is 5.73 Å². The van der Waals surface area contributed by atoms with Crippen molar-refractivity contribution < 1.29 is 9.59 Å². The van der Waals surface area contributed by atoms with Crippen molar-refractivity contribution in [1.82, 2.24) is 5.32 Å². The molecule has 28 heavy (non-hydrogen) atoms. The fourth-order valence-corrected chi connectivity index (χ4v) is 2.87. The summed E-state index contributed by atoms with van der Waals surface area (Å²) in [6, 6.07) is 14.9. The Morgan fingerprint density at radius 3 is 2.64 bits per heavy atom. The van der Waals surface area contributed by atoms with Gasteiger partial charge < -0.3 is 16.4 Å². The summed E-state index contributed by atoms with van der Waals surface area (Å²) in [7, 11) is 0. The SMILES string of the molecule is Cc1ccc(C(=O)NC2CC2)cc1N=C(N)S/C=C/C(=O)Nc1ccccc1. The van der Waals surface area contributed by atoms with E-state index in [-0.39, 0.29) is 17.0 Å². The van der Waals surface area contributed by atoms with Gasteiger partial charge in [-0.25, -0.2) is 4.99 Å². The minimum atomic E-state index is -0.249. The Balaban J connectivity index is 1.59. The number of benzene rings is 2. The molecule has 2 aromatic carbocycles. The summed E-state index contributed by atoms with van der Waals surface area (Å²) in [6.07, 6.45) is 3.47. The third-order valence-electron chi connectivity index (χ3n) is 4.06. The zero-order valence-electron chi connectivity index (χ0n) is 15.5. The van der Waals surface area contributed by atoms with Crippen LogP contribution >= 0.6 is 11.8 Å². The molecule has 0 aromatic heterocycles. The van der Waals surface area contributed by atoms with E-state index in [9.17, 15) is 9.59 Å². The number of anilines is 1. The monoisotopic (exact) mass is 394 g/mol. The molecular formula is C21H22N4O2S. The van der Waals surface area contributed by atoms with E-state index in [1.165, 1.54) is 6.08 Å². The van der Waals surface area contributed by atoms with Crippen LogP contribution in [0.4, 0.5) is 11.4 Å². The van der Waals surface area contributed by atoms with Gasteiger partial charge in [-0.1, -0.05) is 36.0 Å². The number of aryl methyl sites for hydroxylation is 1. The molecule has 0 radical (unpaired) electrons. The Hall–Kier alpha value is -3.06. The molecule has 7 heteroatoms. The molecule has 4 N–H and O–H groups in total. The number of amides is 2. The topological polar surface area (TPSA) is 96.6 Å². The minimum Gasteiger partial charge on any atom is -0.378 e. The Morgan fingerprint density at radius 1 is 1.18 bits per heavy atom. The van der Waals surface area contributed by atoms with Gasteiger partial charge in [-0.3, -0.25) is 9.59 Å². The maximum absolute atomic E-state index is 12.2. The zero-order chi connectivity index (χ0) is 19.9. The predicted molar refractivity (Wildman–Crippen MR) is 115 cm³/mol. The molecule has 0 spiro atoms. The van der Waals surface area contributed by atoms with Crippen LogP contribution in [0.2, 0.25) is 0 Å². The summed E-state index contributed by atoms with van der Waals surface area (Å²) in [6.45, 7) is 1.91. The van der Waals surface area contributed by atoms with Crippen LogP contribution in [0.15, 0.2) is 65.0 Å². The largest absolute Gasteiger partial charge is 0.378 e. The Bertz CT molecular complexity index is 921. The number of aliphatic imine (C=N–C) groups is 1. The number of rotatable bonds is 6. The smallest absolute Gasteiger partial charge is 0.251 e. The van der Waals surface area contributed by atoms with Crippen molar-refractivity contribution in [1.29, 1.82) is 0 Å². The first-order chi connectivity index (χ1) is 13.5. The quantitative estimate of drug-likeness (QED) is 0.395. The number of hydrogen-bond acceptors (Lipinski definition) is 4. The summed E-state index contributed by atoms with van der Waals surface area (Å²) in [5, 5.41) is 7.57. The van der Waals surface area contributed by atoms with E-state index in [1.807, 2.05) is 43.3 Å². The van der Waals surface area contributed by atoms with E-state index in [0.717, 1.165) is 35.9 Å². The van der Waals surface area contributed by atoms with Crippen LogP contribution in [0, 0.1) is 6.92 Å². The van der Waals surface area contributed by atoms with E-state index in [2.05, 4.69) is 15.6 Å². The lowest BCUT2D eigenvalue weighted by molar-refractivity contribution is -0.111. The number of hydrogen-bond donors (Lipinski definition) is 3. The highest BCUT2D eigenvalue weighted by Gasteiger charge is 2.23. The Labute approximate surface area is 168 Å². The number of amidine groups is 1. The number of nitrogens with two attached hydrogens (primary N) is 1. The highest BCUT2D eigenvalue weighted by molar-refractivity contribution is 8.16. The minimum absolute atomic E-state index is 0.0948. The number of thioether (sulfide) groups is 1. The molecule has 0 atom stereocenters. The zero-order valence-corrected chi connectivity index (χ0v) is 16.3. The van der Waals surface area contributed by atoms with Crippen molar-refractivity contribution in [3.05, 3.63) is 71.1 Å². The first-order valence-corrected chi connectivity index (χ1v) is 9.84. The lowest BCUT2D eigenvalue weighted by Gasteiger charge is -2.07. The van der Waals surface area contributed by atoms with Gasteiger partial charge in [0.1, 0.15) is 0 Å². The summed E-state index contributed by atoms with van der Waals surface area (Å²) < 4.78 is 0. The third kappa shape index (κ3) is 5.99. The molecule has 2 aromatic rings. The van der Waals surface area contributed by atoms with E-state index in [1.54, 1.807) is 17.5 Å². The molecule has 2 amide bonds. The molecule has 0 bridgehead atoms. The summed E-state index contributed by atoms with van der Waals surface area (Å²) in [5.41, 5.74) is 8.79. The van der Waals surface area contributed by atoms with Crippen molar-refractivity contribution in [2.75, 3.05) is 5.32 Å². The van der Waals surface area contributed by atoms with Crippen molar-refractivity contribution >= 4 is 40.1 Å². The molecular weight excluding hydrogens is 372 g/mol. The van der Waals surface area contributed by atoms with Crippen LogP contribution in [0.1, 0.15) is 28.8 Å². The summed E-state index contributed by atoms with van der Waals surface area (Å²) in [5.74, 6) is -0.343. The van der Waals surface area contributed by atoms with Gasteiger partial charge in [-0.05, 0) is 55.0 Å². The number of carbonyl (C=O) groups excluding carboxylic acids is 2. The van der Waals surface area contributed by atoms with Crippen LogP contribution in [-0.2, 0) is 4.79 Å². The summed E-state index contributed by atoms with van der Waals surface area (Å²) in [4.78, 5) is 28.4. The lowest BCUT2D eigenvalue weighted by atomic mass is 10.1. The van der Waals surface area contributed by atoms with Crippen LogP contribution < -0.4 is 16.4 Å². The highest BCUT2D eigenvalue weighted by atomic mass is 32.2. The van der Waals surface area contributed by atoms with Crippen LogP contribution in [0.25, 0.3) is 0 Å².